The molecule has 0 bridgehead atoms. The van der Waals surface area contributed by atoms with Crippen LogP contribution in [0, 0.1) is 0 Å². The summed E-state index contributed by atoms with van der Waals surface area (Å²) in [6, 6.07) is 8.01. The smallest absolute Gasteiger partial charge is 0.275 e. The Morgan fingerprint density at radius 3 is 2.96 bits per heavy atom. The minimum atomic E-state index is -0.0897. The second-order valence-corrected chi connectivity index (χ2v) is 6.98. The van der Waals surface area contributed by atoms with Gasteiger partial charge < -0.3 is 14.1 Å². The molecule has 140 valence electrons. The molecule has 2 heterocycles. The van der Waals surface area contributed by atoms with Crippen molar-refractivity contribution in [2.24, 2.45) is 0 Å². The summed E-state index contributed by atoms with van der Waals surface area (Å²) >= 11 is 0. The van der Waals surface area contributed by atoms with E-state index in [1.807, 2.05) is 31.3 Å². The molecule has 2 aromatic heterocycles. The number of rotatable bonds is 5. The van der Waals surface area contributed by atoms with E-state index in [4.69, 9.17) is 9.15 Å². The highest BCUT2D eigenvalue weighted by Crippen LogP contribution is 2.26. The summed E-state index contributed by atoms with van der Waals surface area (Å²) in [5.74, 6) is 1.04. The standard InChI is InChI=1S/C21H23N3O3/c1-24(16-7-3-2-4-8-16)21(25)18-13-27-20(23-18)14-26-19-9-5-6-15-12-22-11-10-17(15)19/h5-6,9-13,16H,2-4,7-8,14H2,1H3. The predicted molar refractivity (Wildman–Crippen MR) is 102 cm³/mol. The van der Waals surface area contributed by atoms with Gasteiger partial charge in [0.2, 0.25) is 5.89 Å². The van der Waals surface area contributed by atoms with Crippen LogP contribution in [0.1, 0.15) is 48.5 Å². The Morgan fingerprint density at radius 2 is 2.11 bits per heavy atom. The zero-order valence-electron chi connectivity index (χ0n) is 15.4. The highest BCUT2D eigenvalue weighted by Gasteiger charge is 2.25. The third-order valence-electron chi connectivity index (χ3n) is 5.21. The van der Waals surface area contributed by atoms with Gasteiger partial charge in [0.1, 0.15) is 12.0 Å². The molecule has 1 fully saturated rings. The van der Waals surface area contributed by atoms with Crippen LogP contribution in [0.15, 0.2) is 47.3 Å². The number of amides is 1. The van der Waals surface area contributed by atoms with Crippen LogP contribution in [0.25, 0.3) is 10.8 Å². The molecule has 0 unspecified atom stereocenters. The number of oxazole rings is 1. The lowest BCUT2D eigenvalue weighted by molar-refractivity contribution is 0.0690. The molecule has 6 nitrogen and oxygen atoms in total. The molecule has 1 aliphatic carbocycles. The summed E-state index contributed by atoms with van der Waals surface area (Å²) in [6.07, 6.45) is 10.7. The molecule has 0 spiro atoms. The summed E-state index contributed by atoms with van der Waals surface area (Å²) in [6.45, 7) is 0.169. The van der Waals surface area contributed by atoms with Crippen LogP contribution in [-0.4, -0.2) is 33.9 Å². The van der Waals surface area contributed by atoms with Gasteiger partial charge in [-0.2, -0.15) is 0 Å². The number of carbonyl (C=O) groups excluding carboxylic acids is 1. The van der Waals surface area contributed by atoms with E-state index in [-0.39, 0.29) is 12.5 Å². The maximum absolute atomic E-state index is 12.7. The van der Waals surface area contributed by atoms with E-state index < -0.39 is 0 Å². The van der Waals surface area contributed by atoms with E-state index in [0.29, 0.717) is 17.6 Å². The molecule has 1 aromatic carbocycles. The Morgan fingerprint density at radius 1 is 1.26 bits per heavy atom. The Bertz CT molecular complexity index is 926. The van der Waals surface area contributed by atoms with Gasteiger partial charge in [0.15, 0.2) is 12.3 Å². The molecule has 27 heavy (non-hydrogen) atoms. The fraction of sp³-hybridized carbons (Fsp3) is 0.381. The van der Waals surface area contributed by atoms with Gasteiger partial charge in [0.25, 0.3) is 5.91 Å². The number of hydrogen-bond donors (Lipinski definition) is 0. The average molecular weight is 365 g/mol. The van der Waals surface area contributed by atoms with E-state index in [2.05, 4.69) is 9.97 Å². The monoisotopic (exact) mass is 365 g/mol. The molecule has 4 rings (SSSR count). The lowest BCUT2D eigenvalue weighted by atomic mass is 9.94. The first kappa shape index (κ1) is 17.5. The zero-order valence-corrected chi connectivity index (χ0v) is 15.4. The first-order valence-electron chi connectivity index (χ1n) is 9.39. The number of carbonyl (C=O) groups is 1. The molecular weight excluding hydrogens is 342 g/mol. The minimum Gasteiger partial charge on any atom is -0.483 e. The topological polar surface area (TPSA) is 68.5 Å². The first-order chi connectivity index (χ1) is 13.2. The van der Waals surface area contributed by atoms with Crippen LogP contribution in [0.2, 0.25) is 0 Å². The van der Waals surface area contributed by atoms with Gasteiger partial charge in [-0.15, -0.1) is 0 Å². The second-order valence-electron chi connectivity index (χ2n) is 6.98. The van der Waals surface area contributed by atoms with Gasteiger partial charge in [-0.25, -0.2) is 4.98 Å². The van der Waals surface area contributed by atoms with E-state index in [0.717, 1.165) is 29.4 Å². The van der Waals surface area contributed by atoms with Crippen LogP contribution in [0.3, 0.4) is 0 Å². The molecule has 0 aliphatic heterocycles. The zero-order chi connectivity index (χ0) is 18.6. The number of fused-ring (bicyclic) bond motifs is 1. The predicted octanol–water partition coefficient (Wildman–Crippen LogP) is 4.21. The molecule has 0 saturated heterocycles. The molecule has 3 aromatic rings. The normalized spacial score (nSPS) is 15.0. The average Bonchev–Trinajstić information content (AvgIpc) is 3.21. The van der Waals surface area contributed by atoms with Crippen molar-refractivity contribution in [3.63, 3.8) is 0 Å². The van der Waals surface area contributed by atoms with Gasteiger partial charge in [-0.05, 0) is 25.0 Å². The third-order valence-corrected chi connectivity index (χ3v) is 5.21. The molecule has 0 radical (unpaired) electrons. The van der Waals surface area contributed by atoms with Gasteiger partial charge in [0, 0.05) is 36.3 Å². The van der Waals surface area contributed by atoms with Crippen molar-refractivity contribution in [2.75, 3.05) is 7.05 Å². The van der Waals surface area contributed by atoms with E-state index in [9.17, 15) is 4.79 Å². The van der Waals surface area contributed by atoms with Crippen molar-refractivity contribution in [1.29, 1.82) is 0 Å². The van der Waals surface area contributed by atoms with Crippen molar-refractivity contribution in [3.05, 3.63) is 54.5 Å². The van der Waals surface area contributed by atoms with Gasteiger partial charge in [-0.3, -0.25) is 9.78 Å². The quantitative estimate of drug-likeness (QED) is 0.677. The summed E-state index contributed by atoms with van der Waals surface area (Å²) < 4.78 is 11.3. The number of ether oxygens (including phenoxy) is 1. The van der Waals surface area contributed by atoms with Gasteiger partial charge in [0.05, 0.1) is 0 Å². The highest BCUT2D eigenvalue weighted by molar-refractivity contribution is 5.92. The van der Waals surface area contributed by atoms with Crippen LogP contribution < -0.4 is 4.74 Å². The fourth-order valence-electron chi connectivity index (χ4n) is 3.65. The molecule has 0 atom stereocenters. The fourth-order valence-corrected chi connectivity index (χ4v) is 3.65. The molecule has 1 amide bonds. The summed E-state index contributed by atoms with van der Waals surface area (Å²) in [7, 11) is 1.85. The Hall–Kier alpha value is -2.89. The molecular formula is C21H23N3O3. The van der Waals surface area contributed by atoms with Crippen LogP contribution in [-0.2, 0) is 6.61 Å². The van der Waals surface area contributed by atoms with Crippen molar-refractivity contribution >= 4 is 16.7 Å². The van der Waals surface area contributed by atoms with Crippen molar-refractivity contribution in [3.8, 4) is 5.75 Å². The van der Waals surface area contributed by atoms with Gasteiger partial charge >= 0.3 is 0 Å². The molecule has 1 saturated carbocycles. The van der Waals surface area contributed by atoms with Crippen LogP contribution in [0.5, 0.6) is 5.75 Å². The number of nitrogens with zero attached hydrogens (tertiary/aromatic N) is 3. The Labute approximate surface area is 158 Å². The SMILES string of the molecule is CN(C(=O)c1coc(COc2cccc3cnccc23)n1)C1CCCCC1. The van der Waals surface area contributed by atoms with Crippen LogP contribution in [0.4, 0.5) is 0 Å². The van der Waals surface area contributed by atoms with E-state index in [1.165, 1.54) is 25.5 Å². The molecule has 6 heteroatoms. The van der Waals surface area contributed by atoms with Crippen LogP contribution >= 0.6 is 0 Å². The number of aromatic nitrogens is 2. The minimum absolute atomic E-state index is 0.0897. The van der Waals surface area contributed by atoms with E-state index >= 15 is 0 Å². The summed E-state index contributed by atoms with van der Waals surface area (Å²) in [4.78, 5) is 22.9. The maximum Gasteiger partial charge on any atom is 0.275 e. The number of pyridine rings is 1. The van der Waals surface area contributed by atoms with Gasteiger partial charge in [-0.1, -0.05) is 31.4 Å². The highest BCUT2D eigenvalue weighted by atomic mass is 16.5. The maximum atomic E-state index is 12.7. The number of hydrogen-bond acceptors (Lipinski definition) is 5. The van der Waals surface area contributed by atoms with Crippen molar-refractivity contribution in [1.82, 2.24) is 14.9 Å². The Balaban J connectivity index is 1.42. The Kier molecular flexibility index (Phi) is 5.05. The van der Waals surface area contributed by atoms with Crippen molar-refractivity contribution < 1.29 is 13.9 Å². The third kappa shape index (κ3) is 3.79. The lowest BCUT2D eigenvalue weighted by Crippen LogP contribution is -2.38. The molecule has 1 aliphatic rings. The number of benzene rings is 1. The lowest BCUT2D eigenvalue weighted by Gasteiger charge is -2.30. The van der Waals surface area contributed by atoms with E-state index in [1.54, 1.807) is 17.3 Å². The largest absolute Gasteiger partial charge is 0.483 e. The first-order valence-corrected chi connectivity index (χ1v) is 9.39. The summed E-state index contributed by atoms with van der Waals surface area (Å²) in [5.41, 5.74) is 0.337. The summed E-state index contributed by atoms with van der Waals surface area (Å²) in [5, 5.41) is 1.99. The second kappa shape index (κ2) is 7.78. The van der Waals surface area contributed by atoms with Crippen molar-refractivity contribution in [2.45, 2.75) is 44.8 Å². The molecule has 0 N–H and O–H groups in total.